The number of hydrogen-bond acceptors (Lipinski definition) is 1. The molecule has 0 spiro atoms. The minimum atomic E-state index is 0.515. The lowest BCUT2D eigenvalue weighted by Gasteiger charge is -2.20. The predicted octanol–water partition coefficient (Wildman–Crippen LogP) is 5.28. The Bertz CT molecular complexity index is 198. The smallest absolute Gasteiger partial charge is 0.133 e. The van der Waals surface area contributed by atoms with E-state index in [0.29, 0.717) is 5.78 Å². The van der Waals surface area contributed by atoms with Crippen molar-refractivity contribution in [3.63, 3.8) is 0 Å². The lowest BCUT2D eigenvalue weighted by atomic mass is 9.85. The predicted molar refractivity (Wildman–Crippen MR) is 74.2 cm³/mol. The van der Waals surface area contributed by atoms with E-state index in [1.54, 1.807) is 0 Å². The van der Waals surface area contributed by atoms with Gasteiger partial charge in [-0.1, -0.05) is 64.7 Å². The van der Waals surface area contributed by atoms with Crippen LogP contribution in [0.3, 0.4) is 0 Å². The third-order valence-electron chi connectivity index (χ3n) is 4.05. The highest BCUT2D eigenvalue weighted by atomic mass is 16.1. The normalized spacial score (nSPS) is 20.8. The average molecular weight is 238 g/mol. The Kier molecular flexibility index (Phi) is 8.38. The van der Waals surface area contributed by atoms with Crippen molar-refractivity contribution in [1.29, 1.82) is 0 Å². The maximum atomic E-state index is 11.3. The number of rotatable bonds is 9. The molecule has 1 rings (SSSR count). The molecule has 1 fully saturated rings. The molecule has 100 valence electrons. The Morgan fingerprint density at radius 3 is 2.29 bits per heavy atom. The van der Waals surface area contributed by atoms with Crippen LogP contribution in [0.25, 0.3) is 0 Å². The largest absolute Gasteiger partial charge is 0.300 e. The number of Topliss-reactive ketones (excluding diaryl/α,β-unsaturated/α-hetero) is 1. The van der Waals surface area contributed by atoms with E-state index in [0.717, 1.165) is 25.2 Å². The summed E-state index contributed by atoms with van der Waals surface area (Å²) in [6.07, 6.45) is 16.7. The molecule has 0 heterocycles. The lowest BCUT2D eigenvalue weighted by molar-refractivity contribution is -0.121. The van der Waals surface area contributed by atoms with Gasteiger partial charge < -0.3 is 0 Å². The quantitative estimate of drug-likeness (QED) is 0.500. The topological polar surface area (TPSA) is 17.1 Å². The summed E-state index contributed by atoms with van der Waals surface area (Å²) >= 11 is 0. The fraction of sp³-hybridized carbons (Fsp3) is 0.938. The minimum Gasteiger partial charge on any atom is -0.300 e. The molecule has 0 amide bonds. The Morgan fingerprint density at radius 2 is 1.65 bits per heavy atom. The van der Waals surface area contributed by atoms with Crippen molar-refractivity contribution in [2.24, 2.45) is 5.92 Å². The summed E-state index contributed by atoms with van der Waals surface area (Å²) in [5.74, 6) is 1.25. The third-order valence-corrected chi connectivity index (χ3v) is 4.05. The SMILES string of the molecule is CCCCCCCCCC[C@H]1CCCC(=O)C1. The summed E-state index contributed by atoms with van der Waals surface area (Å²) in [7, 11) is 0. The van der Waals surface area contributed by atoms with Crippen LogP contribution in [-0.2, 0) is 4.79 Å². The van der Waals surface area contributed by atoms with Crippen LogP contribution < -0.4 is 0 Å². The molecule has 1 aliphatic rings. The van der Waals surface area contributed by atoms with Gasteiger partial charge in [0.1, 0.15) is 5.78 Å². The van der Waals surface area contributed by atoms with Gasteiger partial charge in [0.2, 0.25) is 0 Å². The van der Waals surface area contributed by atoms with Crippen LogP contribution >= 0.6 is 0 Å². The fourth-order valence-corrected chi connectivity index (χ4v) is 2.93. The maximum absolute atomic E-state index is 11.3. The van der Waals surface area contributed by atoms with E-state index in [1.165, 1.54) is 64.2 Å². The van der Waals surface area contributed by atoms with E-state index in [-0.39, 0.29) is 0 Å². The molecule has 0 aromatic rings. The van der Waals surface area contributed by atoms with E-state index in [9.17, 15) is 4.79 Å². The zero-order chi connectivity index (χ0) is 12.3. The van der Waals surface area contributed by atoms with Gasteiger partial charge in [-0.3, -0.25) is 4.79 Å². The highest BCUT2D eigenvalue weighted by Crippen LogP contribution is 2.26. The van der Waals surface area contributed by atoms with Gasteiger partial charge in [0.05, 0.1) is 0 Å². The highest BCUT2D eigenvalue weighted by molar-refractivity contribution is 5.79. The maximum Gasteiger partial charge on any atom is 0.133 e. The van der Waals surface area contributed by atoms with Crippen LogP contribution in [0.2, 0.25) is 0 Å². The molecule has 0 bridgehead atoms. The molecule has 17 heavy (non-hydrogen) atoms. The van der Waals surface area contributed by atoms with Crippen LogP contribution in [0.15, 0.2) is 0 Å². The van der Waals surface area contributed by atoms with Crippen LogP contribution in [0.4, 0.5) is 0 Å². The zero-order valence-electron chi connectivity index (χ0n) is 11.7. The van der Waals surface area contributed by atoms with Crippen molar-refractivity contribution in [1.82, 2.24) is 0 Å². The van der Waals surface area contributed by atoms with Gasteiger partial charge in [-0.05, 0) is 18.8 Å². The van der Waals surface area contributed by atoms with E-state index < -0.39 is 0 Å². The molecular formula is C16H30O. The van der Waals surface area contributed by atoms with E-state index in [1.807, 2.05) is 0 Å². The standard InChI is InChI=1S/C16H30O/c1-2-3-4-5-6-7-8-9-11-15-12-10-13-16(17)14-15/h15H,2-14H2,1H3/t15-/m0/s1. The van der Waals surface area contributed by atoms with Gasteiger partial charge in [-0.15, -0.1) is 0 Å². The second-order valence-corrected chi connectivity index (χ2v) is 5.76. The van der Waals surface area contributed by atoms with Gasteiger partial charge in [-0.25, -0.2) is 0 Å². The lowest BCUT2D eigenvalue weighted by Crippen LogP contribution is -2.14. The van der Waals surface area contributed by atoms with Crippen molar-refractivity contribution >= 4 is 5.78 Å². The van der Waals surface area contributed by atoms with Crippen molar-refractivity contribution in [2.75, 3.05) is 0 Å². The molecule has 0 saturated heterocycles. The summed E-state index contributed by atoms with van der Waals surface area (Å²) in [5.41, 5.74) is 0. The number of unbranched alkanes of at least 4 members (excludes halogenated alkanes) is 7. The molecule has 1 nitrogen and oxygen atoms in total. The third kappa shape index (κ3) is 7.57. The molecule has 1 aliphatic carbocycles. The van der Waals surface area contributed by atoms with Crippen LogP contribution in [-0.4, -0.2) is 5.78 Å². The first kappa shape index (κ1) is 14.7. The van der Waals surface area contributed by atoms with Crippen molar-refractivity contribution in [2.45, 2.75) is 90.4 Å². The van der Waals surface area contributed by atoms with E-state index >= 15 is 0 Å². The minimum absolute atomic E-state index is 0.515. The monoisotopic (exact) mass is 238 g/mol. The number of carbonyl (C=O) groups excluding carboxylic acids is 1. The second-order valence-electron chi connectivity index (χ2n) is 5.76. The molecule has 1 atom stereocenters. The van der Waals surface area contributed by atoms with Gasteiger partial charge in [0.15, 0.2) is 0 Å². The molecular weight excluding hydrogens is 208 g/mol. The molecule has 1 saturated carbocycles. The zero-order valence-corrected chi connectivity index (χ0v) is 11.7. The Morgan fingerprint density at radius 1 is 1.00 bits per heavy atom. The molecule has 0 aliphatic heterocycles. The number of carbonyl (C=O) groups is 1. The molecule has 0 aromatic carbocycles. The molecule has 0 N–H and O–H groups in total. The van der Waals surface area contributed by atoms with Crippen LogP contribution in [0, 0.1) is 5.92 Å². The first-order valence-electron chi connectivity index (χ1n) is 7.84. The summed E-state index contributed by atoms with van der Waals surface area (Å²) in [6.45, 7) is 2.27. The molecule has 1 heteroatoms. The summed E-state index contributed by atoms with van der Waals surface area (Å²) < 4.78 is 0. The molecule has 0 unspecified atom stereocenters. The van der Waals surface area contributed by atoms with Crippen LogP contribution in [0.1, 0.15) is 90.4 Å². The second kappa shape index (κ2) is 9.67. The van der Waals surface area contributed by atoms with Crippen molar-refractivity contribution in [3.05, 3.63) is 0 Å². The Balaban J connectivity index is 1.85. The van der Waals surface area contributed by atoms with Gasteiger partial charge >= 0.3 is 0 Å². The summed E-state index contributed by atoms with van der Waals surface area (Å²) in [5, 5.41) is 0. The van der Waals surface area contributed by atoms with E-state index in [4.69, 9.17) is 0 Å². The first-order valence-corrected chi connectivity index (χ1v) is 7.84. The number of hydrogen-bond donors (Lipinski definition) is 0. The van der Waals surface area contributed by atoms with Crippen LogP contribution in [0.5, 0.6) is 0 Å². The Hall–Kier alpha value is -0.330. The average Bonchev–Trinajstić information content (AvgIpc) is 2.33. The van der Waals surface area contributed by atoms with Crippen molar-refractivity contribution in [3.8, 4) is 0 Å². The fourth-order valence-electron chi connectivity index (χ4n) is 2.93. The van der Waals surface area contributed by atoms with Gasteiger partial charge in [0.25, 0.3) is 0 Å². The highest BCUT2D eigenvalue weighted by Gasteiger charge is 2.18. The number of ketones is 1. The summed E-state index contributed by atoms with van der Waals surface area (Å²) in [6, 6.07) is 0. The van der Waals surface area contributed by atoms with Crippen molar-refractivity contribution < 1.29 is 4.79 Å². The molecule has 0 radical (unpaired) electrons. The summed E-state index contributed by atoms with van der Waals surface area (Å²) in [4.78, 5) is 11.3. The van der Waals surface area contributed by atoms with E-state index in [2.05, 4.69) is 6.92 Å². The van der Waals surface area contributed by atoms with Gasteiger partial charge in [-0.2, -0.15) is 0 Å². The van der Waals surface area contributed by atoms with Gasteiger partial charge in [0, 0.05) is 12.8 Å². The molecule has 0 aromatic heterocycles. The Labute approximate surface area is 107 Å². The first-order chi connectivity index (χ1) is 8.33.